The topological polar surface area (TPSA) is 55.4 Å². The van der Waals surface area contributed by atoms with Gasteiger partial charge in [-0.15, -0.1) is 11.8 Å². The zero-order chi connectivity index (χ0) is 13.2. The highest BCUT2D eigenvalue weighted by Crippen LogP contribution is 2.27. The van der Waals surface area contributed by atoms with Crippen LogP contribution in [-0.2, 0) is 14.3 Å². The third kappa shape index (κ3) is 6.89. The van der Waals surface area contributed by atoms with Crippen molar-refractivity contribution in [1.82, 2.24) is 5.32 Å². The zero-order valence-electron chi connectivity index (χ0n) is 11.1. The molecule has 1 saturated carbocycles. The lowest BCUT2D eigenvalue weighted by molar-refractivity contribution is -0.140. The molecule has 0 aromatic heterocycles. The minimum absolute atomic E-state index is 0.0791. The summed E-state index contributed by atoms with van der Waals surface area (Å²) < 4.78 is 4.53. The summed E-state index contributed by atoms with van der Waals surface area (Å²) in [5.41, 5.74) is 0. The Labute approximate surface area is 113 Å². The summed E-state index contributed by atoms with van der Waals surface area (Å²) in [5.74, 6) is 0.402. The molecule has 5 heteroatoms. The van der Waals surface area contributed by atoms with E-state index in [1.54, 1.807) is 11.8 Å². The smallest absolute Gasteiger partial charge is 0.305 e. The van der Waals surface area contributed by atoms with Crippen molar-refractivity contribution in [3.63, 3.8) is 0 Å². The Kier molecular flexibility index (Phi) is 7.89. The Morgan fingerprint density at radius 2 is 2.00 bits per heavy atom. The number of rotatable bonds is 7. The quantitative estimate of drug-likeness (QED) is 0.570. The van der Waals surface area contributed by atoms with Crippen LogP contribution in [0.2, 0.25) is 0 Å². The molecule has 0 aromatic carbocycles. The molecule has 0 aromatic rings. The van der Waals surface area contributed by atoms with E-state index in [0.29, 0.717) is 30.4 Å². The Morgan fingerprint density at radius 1 is 1.28 bits per heavy atom. The summed E-state index contributed by atoms with van der Waals surface area (Å²) in [6.45, 7) is 0.555. The van der Waals surface area contributed by atoms with Crippen LogP contribution in [0.3, 0.4) is 0 Å². The van der Waals surface area contributed by atoms with E-state index in [4.69, 9.17) is 0 Å². The van der Waals surface area contributed by atoms with Crippen LogP contribution in [0, 0.1) is 0 Å². The molecule has 1 rings (SSSR count). The third-order valence-corrected chi connectivity index (χ3v) is 4.48. The van der Waals surface area contributed by atoms with Crippen LogP contribution >= 0.6 is 11.8 Å². The number of esters is 1. The van der Waals surface area contributed by atoms with E-state index in [1.807, 2.05) is 0 Å². The summed E-state index contributed by atoms with van der Waals surface area (Å²) in [7, 11) is 1.38. The highest BCUT2D eigenvalue weighted by Gasteiger charge is 2.15. The molecule has 0 atom stereocenters. The van der Waals surface area contributed by atoms with Gasteiger partial charge in [-0.2, -0.15) is 0 Å². The largest absolute Gasteiger partial charge is 0.469 e. The molecule has 0 saturated heterocycles. The molecule has 0 spiro atoms. The molecule has 1 aliphatic carbocycles. The van der Waals surface area contributed by atoms with Gasteiger partial charge in [0.15, 0.2) is 0 Å². The molecule has 4 nitrogen and oxygen atoms in total. The van der Waals surface area contributed by atoms with Gasteiger partial charge in [0.05, 0.1) is 12.9 Å². The maximum Gasteiger partial charge on any atom is 0.305 e. The highest BCUT2D eigenvalue weighted by molar-refractivity contribution is 8.00. The number of methoxy groups -OCH3 is 1. The molecule has 1 fully saturated rings. The molecule has 0 bridgehead atoms. The predicted octanol–water partition coefficient (Wildman–Crippen LogP) is 2.12. The zero-order valence-corrected chi connectivity index (χ0v) is 11.9. The lowest BCUT2D eigenvalue weighted by Crippen LogP contribution is -2.27. The van der Waals surface area contributed by atoms with Crippen LogP contribution in [-0.4, -0.2) is 36.5 Å². The number of carbonyl (C=O) groups is 2. The van der Waals surface area contributed by atoms with Gasteiger partial charge < -0.3 is 10.1 Å². The molecule has 18 heavy (non-hydrogen) atoms. The summed E-state index contributed by atoms with van der Waals surface area (Å²) >= 11 is 1.77. The van der Waals surface area contributed by atoms with Crippen LogP contribution in [0.5, 0.6) is 0 Å². The molecule has 0 radical (unpaired) electrons. The van der Waals surface area contributed by atoms with Crippen molar-refractivity contribution < 1.29 is 14.3 Å². The number of thioether (sulfide) groups is 1. The van der Waals surface area contributed by atoms with Gasteiger partial charge in [-0.05, 0) is 19.3 Å². The first-order valence-corrected chi connectivity index (χ1v) is 7.72. The Balaban J connectivity index is 1.98. The van der Waals surface area contributed by atoms with Crippen molar-refractivity contribution in [2.45, 2.75) is 50.2 Å². The Bertz CT molecular complexity index is 265. The Morgan fingerprint density at radius 3 is 2.67 bits per heavy atom. The number of carbonyl (C=O) groups excluding carboxylic acids is 2. The highest BCUT2D eigenvalue weighted by atomic mass is 32.2. The maximum absolute atomic E-state index is 11.6. The number of hydrogen-bond acceptors (Lipinski definition) is 4. The van der Waals surface area contributed by atoms with Crippen LogP contribution in [0.4, 0.5) is 0 Å². The van der Waals surface area contributed by atoms with Gasteiger partial charge in [0.1, 0.15) is 0 Å². The average Bonchev–Trinajstić information content (AvgIpc) is 2.42. The summed E-state index contributed by atoms with van der Waals surface area (Å²) in [6, 6.07) is 0. The van der Waals surface area contributed by atoms with Crippen molar-refractivity contribution >= 4 is 23.6 Å². The van der Waals surface area contributed by atoms with Crippen molar-refractivity contribution in [3.05, 3.63) is 0 Å². The minimum Gasteiger partial charge on any atom is -0.469 e. The number of ether oxygens (including phenoxy) is 1. The second-order valence-electron chi connectivity index (χ2n) is 4.60. The van der Waals surface area contributed by atoms with Gasteiger partial charge in [-0.3, -0.25) is 9.59 Å². The van der Waals surface area contributed by atoms with Gasteiger partial charge in [0.2, 0.25) is 5.91 Å². The summed E-state index contributed by atoms with van der Waals surface area (Å²) in [4.78, 5) is 22.4. The standard InChI is InChI=1S/C13H23NO3S/c1-17-13(16)8-5-9-14-12(15)10-18-11-6-3-2-4-7-11/h11H,2-10H2,1H3,(H,14,15). The lowest BCUT2D eigenvalue weighted by Gasteiger charge is -2.20. The molecular formula is C13H23NO3S. The van der Waals surface area contributed by atoms with E-state index in [1.165, 1.54) is 39.2 Å². The molecule has 1 amide bonds. The number of nitrogens with one attached hydrogen (secondary N) is 1. The van der Waals surface area contributed by atoms with E-state index in [0.717, 1.165) is 0 Å². The van der Waals surface area contributed by atoms with Gasteiger partial charge in [-0.1, -0.05) is 19.3 Å². The molecule has 1 aliphatic rings. The second kappa shape index (κ2) is 9.25. The first-order valence-electron chi connectivity index (χ1n) is 6.67. The van der Waals surface area contributed by atoms with Crippen LogP contribution < -0.4 is 5.32 Å². The molecule has 104 valence electrons. The predicted molar refractivity (Wildman–Crippen MR) is 73.6 cm³/mol. The van der Waals surface area contributed by atoms with E-state index >= 15 is 0 Å². The van der Waals surface area contributed by atoms with Crippen molar-refractivity contribution in [2.75, 3.05) is 19.4 Å². The maximum atomic E-state index is 11.6. The second-order valence-corrected chi connectivity index (χ2v) is 5.89. The average molecular weight is 273 g/mol. The molecule has 1 N–H and O–H groups in total. The molecular weight excluding hydrogens is 250 g/mol. The number of amides is 1. The first-order chi connectivity index (χ1) is 8.72. The molecule has 0 heterocycles. The van der Waals surface area contributed by atoms with Gasteiger partial charge >= 0.3 is 5.97 Å². The third-order valence-electron chi connectivity index (χ3n) is 3.11. The first kappa shape index (κ1) is 15.3. The fraction of sp³-hybridized carbons (Fsp3) is 0.846. The van der Waals surface area contributed by atoms with Crippen LogP contribution in [0.1, 0.15) is 44.9 Å². The van der Waals surface area contributed by atoms with E-state index < -0.39 is 0 Å². The normalized spacial score (nSPS) is 16.3. The summed E-state index contributed by atoms with van der Waals surface area (Å²) in [6.07, 6.45) is 7.47. The van der Waals surface area contributed by atoms with E-state index in [2.05, 4.69) is 10.1 Å². The monoisotopic (exact) mass is 273 g/mol. The fourth-order valence-electron chi connectivity index (χ4n) is 2.04. The van der Waals surface area contributed by atoms with Crippen molar-refractivity contribution in [3.8, 4) is 0 Å². The molecule has 0 aliphatic heterocycles. The van der Waals surface area contributed by atoms with Gasteiger partial charge in [0, 0.05) is 18.2 Å². The van der Waals surface area contributed by atoms with E-state index in [9.17, 15) is 9.59 Å². The van der Waals surface area contributed by atoms with Crippen LogP contribution in [0.15, 0.2) is 0 Å². The van der Waals surface area contributed by atoms with Gasteiger partial charge in [0.25, 0.3) is 0 Å². The van der Waals surface area contributed by atoms with E-state index in [-0.39, 0.29) is 11.9 Å². The minimum atomic E-state index is -0.221. The van der Waals surface area contributed by atoms with Crippen LogP contribution in [0.25, 0.3) is 0 Å². The number of hydrogen-bond donors (Lipinski definition) is 1. The van der Waals surface area contributed by atoms with Crippen molar-refractivity contribution in [2.24, 2.45) is 0 Å². The molecule has 0 unspecified atom stereocenters. The SMILES string of the molecule is COC(=O)CCCNC(=O)CSC1CCCCC1. The van der Waals surface area contributed by atoms with Gasteiger partial charge in [-0.25, -0.2) is 0 Å². The summed E-state index contributed by atoms with van der Waals surface area (Å²) in [5, 5.41) is 3.50. The fourth-order valence-corrected chi connectivity index (χ4v) is 3.19. The lowest BCUT2D eigenvalue weighted by atomic mass is 10.0. The Hall–Kier alpha value is -0.710. The van der Waals surface area contributed by atoms with Crippen molar-refractivity contribution in [1.29, 1.82) is 0 Å².